The molecule has 0 saturated carbocycles. The number of guanidine groups is 1. The lowest BCUT2D eigenvalue weighted by molar-refractivity contribution is 0.183. The zero-order chi connectivity index (χ0) is 19.4. The summed E-state index contributed by atoms with van der Waals surface area (Å²) in [5.41, 5.74) is 0.208. The lowest BCUT2D eigenvalue weighted by Gasteiger charge is -2.36. The highest BCUT2D eigenvalue weighted by molar-refractivity contribution is 14.0. The maximum Gasteiger partial charge on any atom is 0.191 e. The van der Waals surface area contributed by atoms with Crippen LogP contribution in [0.4, 0.5) is 14.5 Å². The van der Waals surface area contributed by atoms with Crippen molar-refractivity contribution in [2.45, 2.75) is 24.4 Å². The van der Waals surface area contributed by atoms with Crippen molar-refractivity contribution in [2.24, 2.45) is 4.99 Å². The molecule has 0 aromatic heterocycles. The molecule has 2 atom stereocenters. The predicted molar refractivity (Wildman–Crippen MR) is 125 cm³/mol. The van der Waals surface area contributed by atoms with E-state index >= 15 is 0 Å². The minimum absolute atomic E-state index is 0. The van der Waals surface area contributed by atoms with Gasteiger partial charge in [-0.3, -0.25) is 4.99 Å². The molecule has 1 aromatic carbocycles. The summed E-state index contributed by atoms with van der Waals surface area (Å²) in [6.45, 7) is 1.99. The Balaban J connectivity index is 0.00000280. The van der Waals surface area contributed by atoms with Crippen LogP contribution in [-0.4, -0.2) is 74.7 Å². The van der Waals surface area contributed by atoms with E-state index in [1.807, 2.05) is 11.8 Å². The van der Waals surface area contributed by atoms with Crippen LogP contribution in [0.15, 0.2) is 23.2 Å². The fourth-order valence-corrected chi connectivity index (χ4v) is 5.31. The SMILES string of the molecule is CN=C(NCC1(N(C)C)CCSC1)NC1CCN(c2c(F)cccc2F)C1.I. The quantitative estimate of drug-likeness (QED) is 0.352. The Kier molecular flexibility index (Phi) is 8.62. The lowest BCUT2D eigenvalue weighted by Crippen LogP contribution is -2.55. The van der Waals surface area contributed by atoms with E-state index in [4.69, 9.17) is 0 Å². The number of para-hydroxylation sites is 1. The lowest BCUT2D eigenvalue weighted by atomic mass is 9.97. The molecule has 9 heteroatoms. The molecule has 2 heterocycles. The minimum Gasteiger partial charge on any atom is -0.365 e. The maximum atomic E-state index is 14.0. The fourth-order valence-electron chi connectivity index (χ4n) is 3.76. The van der Waals surface area contributed by atoms with Crippen LogP contribution in [-0.2, 0) is 0 Å². The first-order valence-electron chi connectivity index (χ1n) is 9.36. The summed E-state index contributed by atoms with van der Waals surface area (Å²) in [6, 6.07) is 4.11. The van der Waals surface area contributed by atoms with Crippen molar-refractivity contribution in [2.75, 3.05) is 57.2 Å². The van der Waals surface area contributed by atoms with Gasteiger partial charge in [-0.1, -0.05) is 6.07 Å². The number of hydrogen-bond donors (Lipinski definition) is 2. The highest BCUT2D eigenvalue weighted by Gasteiger charge is 2.37. The van der Waals surface area contributed by atoms with Gasteiger partial charge in [0.15, 0.2) is 5.96 Å². The van der Waals surface area contributed by atoms with Crippen molar-refractivity contribution in [3.63, 3.8) is 0 Å². The first kappa shape index (κ1) is 23.5. The Labute approximate surface area is 187 Å². The third kappa shape index (κ3) is 5.21. The normalized spacial score (nSPS) is 25.1. The van der Waals surface area contributed by atoms with E-state index in [1.165, 1.54) is 24.0 Å². The van der Waals surface area contributed by atoms with Gasteiger partial charge >= 0.3 is 0 Å². The van der Waals surface area contributed by atoms with E-state index in [-0.39, 0.29) is 41.2 Å². The molecule has 2 unspecified atom stereocenters. The number of likely N-dealkylation sites (N-methyl/N-ethyl adjacent to an activating group) is 1. The Hall–Kier alpha value is -0.810. The van der Waals surface area contributed by atoms with Crippen LogP contribution >= 0.6 is 35.7 Å². The average Bonchev–Trinajstić information content (AvgIpc) is 3.29. The second-order valence-corrected chi connectivity index (χ2v) is 8.60. The summed E-state index contributed by atoms with van der Waals surface area (Å²) in [5, 5.41) is 6.87. The van der Waals surface area contributed by atoms with E-state index in [9.17, 15) is 8.78 Å². The van der Waals surface area contributed by atoms with E-state index in [0.29, 0.717) is 13.1 Å². The number of anilines is 1. The van der Waals surface area contributed by atoms with E-state index < -0.39 is 11.6 Å². The molecular weight excluding hydrogens is 495 g/mol. The number of nitrogens with zero attached hydrogens (tertiary/aromatic N) is 3. The molecule has 2 N–H and O–H groups in total. The first-order chi connectivity index (χ1) is 12.9. The molecule has 2 saturated heterocycles. The summed E-state index contributed by atoms with van der Waals surface area (Å²) in [5.74, 6) is 2.01. The van der Waals surface area contributed by atoms with E-state index in [2.05, 4.69) is 34.6 Å². The third-order valence-electron chi connectivity index (χ3n) is 5.62. The van der Waals surface area contributed by atoms with Crippen LogP contribution < -0.4 is 15.5 Å². The summed E-state index contributed by atoms with van der Waals surface area (Å²) in [4.78, 5) is 8.40. The second-order valence-electron chi connectivity index (χ2n) is 7.49. The Morgan fingerprint density at radius 2 is 2.07 bits per heavy atom. The predicted octanol–water partition coefficient (Wildman–Crippen LogP) is 2.76. The Morgan fingerprint density at radius 1 is 1.36 bits per heavy atom. The van der Waals surface area contributed by atoms with Crippen LogP contribution in [0.5, 0.6) is 0 Å². The number of halogens is 3. The molecule has 2 aliphatic heterocycles. The summed E-state index contributed by atoms with van der Waals surface area (Å²) >= 11 is 1.98. The van der Waals surface area contributed by atoms with Crippen molar-refractivity contribution in [3.05, 3.63) is 29.8 Å². The topological polar surface area (TPSA) is 42.9 Å². The van der Waals surface area contributed by atoms with E-state index in [0.717, 1.165) is 31.1 Å². The molecule has 5 nitrogen and oxygen atoms in total. The van der Waals surface area contributed by atoms with Gasteiger partial charge in [0.05, 0.1) is 0 Å². The first-order valence-corrected chi connectivity index (χ1v) is 10.5. The number of benzene rings is 1. The van der Waals surface area contributed by atoms with Crippen molar-refractivity contribution in [1.29, 1.82) is 0 Å². The van der Waals surface area contributed by atoms with Gasteiger partial charge in [-0.2, -0.15) is 11.8 Å². The van der Waals surface area contributed by atoms with Gasteiger partial charge in [0.25, 0.3) is 0 Å². The van der Waals surface area contributed by atoms with Crippen LogP contribution in [0.25, 0.3) is 0 Å². The summed E-state index contributed by atoms with van der Waals surface area (Å²) in [6.07, 6.45) is 1.96. The van der Waals surface area contributed by atoms with Gasteiger partial charge in [0.1, 0.15) is 17.3 Å². The highest BCUT2D eigenvalue weighted by Crippen LogP contribution is 2.31. The highest BCUT2D eigenvalue weighted by atomic mass is 127. The standard InChI is InChI=1S/C19H29F2N5S.HI/c1-22-18(23-12-19(25(2)3)8-10-27-13-19)24-14-7-9-26(11-14)17-15(20)5-4-6-16(17)21;/h4-6,14H,7-13H2,1-3H3,(H2,22,23,24);1H. The molecule has 0 aliphatic carbocycles. The number of aliphatic imine (C=N–C) groups is 1. The zero-order valence-corrected chi connectivity index (χ0v) is 19.8. The van der Waals surface area contributed by atoms with E-state index in [1.54, 1.807) is 11.9 Å². The molecule has 1 aromatic rings. The number of rotatable bonds is 5. The van der Waals surface area contributed by atoms with Gasteiger partial charge in [0.2, 0.25) is 0 Å². The average molecular weight is 525 g/mol. The molecule has 28 heavy (non-hydrogen) atoms. The zero-order valence-electron chi connectivity index (χ0n) is 16.7. The third-order valence-corrected chi connectivity index (χ3v) is 6.86. The largest absolute Gasteiger partial charge is 0.365 e. The minimum atomic E-state index is -0.509. The summed E-state index contributed by atoms with van der Waals surface area (Å²) in [7, 11) is 6.01. The second kappa shape index (κ2) is 10.3. The summed E-state index contributed by atoms with van der Waals surface area (Å²) < 4.78 is 28.0. The molecule has 0 amide bonds. The molecule has 0 spiro atoms. The smallest absolute Gasteiger partial charge is 0.191 e. The molecule has 2 aliphatic rings. The van der Waals surface area contributed by atoms with Gasteiger partial charge in [-0.25, -0.2) is 8.78 Å². The van der Waals surface area contributed by atoms with Crippen LogP contribution in [0.1, 0.15) is 12.8 Å². The number of thioether (sulfide) groups is 1. The fraction of sp³-hybridized carbons (Fsp3) is 0.632. The van der Waals surface area contributed by atoms with Crippen LogP contribution in [0.3, 0.4) is 0 Å². The number of nitrogens with one attached hydrogen (secondary N) is 2. The van der Waals surface area contributed by atoms with Gasteiger partial charge in [-0.15, -0.1) is 24.0 Å². The van der Waals surface area contributed by atoms with Crippen molar-refractivity contribution < 1.29 is 8.78 Å². The monoisotopic (exact) mass is 525 g/mol. The van der Waals surface area contributed by atoms with Gasteiger partial charge < -0.3 is 20.4 Å². The Bertz CT molecular complexity index is 662. The Morgan fingerprint density at radius 3 is 2.64 bits per heavy atom. The molecule has 3 rings (SSSR count). The molecular formula is C19H30F2IN5S. The van der Waals surface area contributed by atoms with Crippen molar-refractivity contribution >= 4 is 47.4 Å². The maximum absolute atomic E-state index is 14.0. The molecule has 0 bridgehead atoms. The van der Waals surface area contributed by atoms with Crippen LogP contribution in [0.2, 0.25) is 0 Å². The number of hydrogen-bond acceptors (Lipinski definition) is 4. The molecule has 2 fully saturated rings. The van der Waals surface area contributed by atoms with Crippen molar-refractivity contribution in [3.8, 4) is 0 Å². The molecule has 0 radical (unpaired) electrons. The van der Waals surface area contributed by atoms with Crippen LogP contribution in [0, 0.1) is 11.6 Å². The van der Waals surface area contributed by atoms with Gasteiger partial charge in [-0.05, 0) is 44.8 Å². The van der Waals surface area contributed by atoms with Gasteiger partial charge in [0, 0.05) is 44.0 Å². The van der Waals surface area contributed by atoms with Crippen molar-refractivity contribution in [1.82, 2.24) is 15.5 Å². The molecule has 158 valence electrons.